The standard InChI is InChI=1S/C22H24N4O3S/c1-16-7-9-17(10-8-16)21-23-24-22(26(21)18-5-3-4-6-19(18)28-2)30-15-20(27)25-11-13-29-14-12-25/h3-10H,11-15H2,1-2H3. The van der Waals surface area contributed by atoms with Crippen molar-refractivity contribution in [2.45, 2.75) is 12.1 Å². The van der Waals surface area contributed by atoms with Crippen LogP contribution in [0.2, 0.25) is 0 Å². The summed E-state index contributed by atoms with van der Waals surface area (Å²) in [6, 6.07) is 15.9. The molecule has 1 aromatic heterocycles. The zero-order valence-corrected chi connectivity index (χ0v) is 17.9. The number of hydrogen-bond donors (Lipinski definition) is 0. The monoisotopic (exact) mass is 424 g/mol. The lowest BCUT2D eigenvalue weighted by Gasteiger charge is -2.26. The van der Waals surface area contributed by atoms with E-state index in [1.54, 1.807) is 7.11 Å². The largest absolute Gasteiger partial charge is 0.495 e. The molecule has 0 saturated carbocycles. The SMILES string of the molecule is COc1ccccc1-n1c(SCC(=O)N2CCOCC2)nnc1-c1ccc(C)cc1. The highest BCUT2D eigenvalue weighted by atomic mass is 32.2. The molecule has 1 aliphatic rings. The van der Waals surface area contributed by atoms with Crippen molar-refractivity contribution in [3.8, 4) is 22.8 Å². The molecule has 0 N–H and O–H groups in total. The number of methoxy groups -OCH3 is 1. The topological polar surface area (TPSA) is 69.5 Å². The molecule has 7 nitrogen and oxygen atoms in total. The van der Waals surface area contributed by atoms with Crippen LogP contribution in [0.5, 0.6) is 5.75 Å². The van der Waals surface area contributed by atoms with Crippen LogP contribution in [0.15, 0.2) is 53.7 Å². The Kier molecular flexibility index (Phi) is 6.35. The molecule has 3 aromatic rings. The number of aromatic nitrogens is 3. The van der Waals surface area contributed by atoms with Crippen LogP contribution < -0.4 is 4.74 Å². The highest BCUT2D eigenvalue weighted by molar-refractivity contribution is 7.99. The lowest BCUT2D eigenvalue weighted by molar-refractivity contribution is -0.132. The van der Waals surface area contributed by atoms with Gasteiger partial charge >= 0.3 is 0 Å². The third kappa shape index (κ3) is 4.34. The van der Waals surface area contributed by atoms with Crippen molar-refractivity contribution in [1.29, 1.82) is 0 Å². The summed E-state index contributed by atoms with van der Waals surface area (Å²) in [5.41, 5.74) is 2.96. The number of carbonyl (C=O) groups excluding carboxylic acids is 1. The van der Waals surface area contributed by atoms with Gasteiger partial charge in [-0.15, -0.1) is 10.2 Å². The maximum absolute atomic E-state index is 12.6. The number of rotatable bonds is 6. The minimum absolute atomic E-state index is 0.0785. The molecule has 4 rings (SSSR count). The van der Waals surface area contributed by atoms with Crippen LogP contribution in [0.3, 0.4) is 0 Å². The molecule has 0 unspecified atom stereocenters. The lowest BCUT2D eigenvalue weighted by atomic mass is 10.1. The number of para-hydroxylation sites is 2. The first-order valence-electron chi connectivity index (χ1n) is 9.81. The van der Waals surface area contributed by atoms with Gasteiger partial charge in [-0.05, 0) is 19.1 Å². The molecule has 1 amide bonds. The summed E-state index contributed by atoms with van der Waals surface area (Å²) in [5, 5.41) is 9.51. The molecule has 8 heteroatoms. The summed E-state index contributed by atoms with van der Waals surface area (Å²) in [6.07, 6.45) is 0. The van der Waals surface area contributed by atoms with E-state index in [1.165, 1.54) is 17.3 Å². The van der Waals surface area contributed by atoms with Gasteiger partial charge in [-0.2, -0.15) is 0 Å². The smallest absolute Gasteiger partial charge is 0.233 e. The molecule has 0 radical (unpaired) electrons. The molecule has 0 atom stereocenters. The minimum atomic E-state index is 0.0785. The Labute approximate surface area is 180 Å². The van der Waals surface area contributed by atoms with Gasteiger partial charge in [0.1, 0.15) is 5.75 Å². The summed E-state index contributed by atoms with van der Waals surface area (Å²) in [5.74, 6) is 1.80. The van der Waals surface area contributed by atoms with Crippen LogP contribution in [0, 0.1) is 6.92 Å². The van der Waals surface area contributed by atoms with Gasteiger partial charge in [0.2, 0.25) is 5.91 Å². The maximum Gasteiger partial charge on any atom is 0.233 e. The molecule has 1 aliphatic heterocycles. The van der Waals surface area contributed by atoms with Gasteiger partial charge < -0.3 is 14.4 Å². The van der Waals surface area contributed by atoms with Gasteiger partial charge in [0, 0.05) is 18.7 Å². The van der Waals surface area contributed by atoms with Crippen molar-refractivity contribution in [3.05, 3.63) is 54.1 Å². The first-order valence-corrected chi connectivity index (χ1v) is 10.8. The molecule has 0 bridgehead atoms. The number of aryl methyl sites for hydroxylation is 1. The third-order valence-electron chi connectivity index (χ3n) is 4.96. The van der Waals surface area contributed by atoms with Crippen LogP contribution in [-0.2, 0) is 9.53 Å². The fourth-order valence-electron chi connectivity index (χ4n) is 3.32. The Hall–Kier alpha value is -2.84. The Morgan fingerprint density at radius 1 is 1.10 bits per heavy atom. The van der Waals surface area contributed by atoms with Crippen LogP contribution in [0.4, 0.5) is 0 Å². The first-order chi connectivity index (χ1) is 14.7. The zero-order valence-electron chi connectivity index (χ0n) is 17.1. The number of carbonyl (C=O) groups is 1. The van der Waals surface area contributed by atoms with Crippen LogP contribution in [0.25, 0.3) is 17.1 Å². The van der Waals surface area contributed by atoms with E-state index in [0.717, 1.165) is 11.3 Å². The second-order valence-corrected chi connectivity index (χ2v) is 7.90. The van der Waals surface area contributed by atoms with E-state index in [1.807, 2.05) is 64.9 Å². The molecule has 1 fully saturated rings. The van der Waals surface area contributed by atoms with Crippen LogP contribution >= 0.6 is 11.8 Å². The number of morpholine rings is 1. The predicted molar refractivity (Wildman–Crippen MR) is 116 cm³/mol. The Morgan fingerprint density at radius 2 is 1.83 bits per heavy atom. The summed E-state index contributed by atoms with van der Waals surface area (Å²) in [6.45, 7) is 4.49. The fraction of sp³-hybridized carbons (Fsp3) is 0.318. The summed E-state index contributed by atoms with van der Waals surface area (Å²) in [7, 11) is 1.64. The minimum Gasteiger partial charge on any atom is -0.495 e. The van der Waals surface area contributed by atoms with Crippen molar-refractivity contribution in [2.75, 3.05) is 39.2 Å². The van der Waals surface area contributed by atoms with Crippen LogP contribution in [-0.4, -0.2) is 64.7 Å². The van der Waals surface area contributed by atoms with Gasteiger partial charge in [-0.3, -0.25) is 9.36 Å². The Balaban J connectivity index is 1.68. The normalized spacial score (nSPS) is 14.0. The molecule has 1 saturated heterocycles. The summed E-state index contributed by atoms with van der Waals surface area (Å²) in [4.78, 5) is 14.5. The maximum atomic E-state index is 12.6. The van der Waals surface area contributed by atoms with E-state index in [9.17, 15) is 4.79 Å². The molecule has 2 aromatic carbocycles. The second-order valence-electron chi connectivity index (χ2n) is 6.96. The van der Waals surface area contributed by atoms with Gasteiger partial charge in [0.05, 0.1) is 31.8 Å². The molecule has 0 spiro atoms. The second kappa shape index (κ2) is 9.32. The summed E-state index contributed by atoms with van der Waals surface area (Å²) >= 11 is 1.38. The number of hydrogen-bond acceptors (Lipinski definition) is 6. The molecule has 0 aliphatic carbocycles. The third-order valence-corrected chi connectivity index (χ3v) is 5.87. The molecule has 2 heterocycles. The van der Waals surface area contributed by atoms with Crippen molar-refractivity contribution in [1.82, 2.24) is 19.7 Å². The van der Waals surface area contributed by atoms with Crippen molar-refractivity contribution >= 4 is 17.7 Å². The first kappa shape index (κ1) is 20.4. The van der Waals surface area contributed by atoms with Gasteiger partial charge in [0.15, 0.2) is 11.0 Å². The zero-order chi connectivity index (χ0) is 20.9. The molecule has 30 heavy (non-hydrogen) atoms. The average molecular weight is 425 g/mol. The van der Waals surface area contributed by atoms with Crippen molar-refractivity contribution in [2.24, 2.45) is 0 Å². The number of benzene rings is 2. The van der Waals surface area contributed by atoms with Gasteiger partial charge in [0.25, 0.3) is 0 Å². The Bertz CT molecular complexity index is 1010. The highest BCUT2D eigenvalue weighted by Gasteiger charge is 2.22. The van der Waals surface area contributed by atoms with E-state index < -0.39 is 0 Å². The van der Waals surface area contributed by atoms with Gasteiger partial charge in [-0.25, -0.2) is 0 Å². The average Bonchev–Trinajstić information content (AvgIpc) is 3.22. The van der Waals surface area contributed by atoms with Crippen molar-refractivity contribution in [3.63, 3.8) is 0 Å². The molecule has 156 valence electrons. The molecular weight excluding hydrogens is 400 g/mol. The number of amides is 1. The number of nitrogens with zero attached hydrogens (tertiary/aromatic N) is 4. The van der Waals surface area contributed by atoms with E-state index >= 15 is 0 Å². The Morgan fingerprint density at radius 3 is 2.57 bits per heavy atom. The van der Waals surface area contributed by atoms with Gasteiger partial charge in [-0.1, -0.05) is 53.7 Å². The van der Waals surface area contributed by atoms with E-state index in [4.69, 9.17) is 9.47 Å². The predicted octanol–water partition coefficient (Wildman–Crippen LogP) is 3.20. The number of thioether (sulfide) groups is 1. The number of ether oxygens (including phenoxy) is 2. The highest BCUT2D eigenvalue weighted by Crippen LogP contribution is 2.32. The quantitative estimate of drug-likeness (QED) is 0.566. The summed E-state index contributed by atoms with van der Waals surface area (Å²) < 4.78 is 12.9. The van der Waals surface area contributed by atoms with Crippen LogP contribution in [0.1, 0.15) is 5.56 Å². The fourth-order valence-corrected chi connectivity index (χ4v) is 4.16. The van der Waals surface area contributed by atoms with E-state index in [2.05, 4.69) is 10.2 Å². The van der Waals surface area contributed by atoms with E-state index in [-0.39, 0.29) is 5.91 Å². The van der Waals surface area contributed by atoms with Crippen molar-refractivity contribution < 1.29 is 14.3 Å². The van der Waals surface area contributed by atoms with E-state index in [0.29, 0.717) is 48.8 Å². The lowest BCUT2D eigenvalue weighted by Crippen LogP contribution is -2.41. The molecular formula is C22H24N4O3S.